The van der Waals surface area contributed by atoms with E-state index in [0.717, 1.165) is 152 Å². The first kappa shape index (κ1) is 107. The quantitative estimate of drug-likeness (QED) is 0.0134. The number of hydrogen-bond donors (Lipinski definition) is 5. The van der Waals surface area contributed by atoms with Gasteiger partial charge in [-0.2, -0.15) is 26.0 Å². The minimum Gasteiger partial charge on any atom is -0.503 e. The molecule has 4 heterocycles. The van der Waals surface area contributed by atoms with E-state index in [9.17, 15) is 64.5 Å². The highest BCUT2D eigenvalue weighted by atomic mass is 16.3. The Morgan fingerprint density at radius 1 is 0.391 bits per heavy atom. The Balaban J connectivity index is 0.000000465. The third-order valence-corrected chi connectivity index (χ3v) is 24.7. The Labute approximate surface area is 758 Å². The maximum atomic E-state index is 14.1. The second kappa shape index (κ2) is 55.6. The summed E-state index contributed by atoms with van der Waals surface area (Å²) in [4.78, 5) is 103. The van der Waals surface area contributed by atoms with Crippen LogP contribution < -0.4 is 28.0 Å². The van der Waals surface area contributed by atoms with Crippen LogP contribution in [0.1, 0.15) is 307 Å². The lowest BCUT2D eigenvalue weighted by Crippen LogP contribution is -2.39. The first-order valence-corrected chi connectivity index (χ1v) is 46.6. The van der Waals surface area contributed by atoms with E-state index in [1.54, 1.807) is 48.5 Å². The van der Waals surface area contributed by atoms with E-state index in [1.165, 1.54) is 78.4 Å². The monoisotopic (exact) mass is 1760 g/mol. The number of unbranched alkanes of at least 4 members (excludes halogenated alkanes) is 6. The van der Waals surface area contributed by atoms with Crippen molar-refractivity contribution in [2.45, 2.75) is 291 Å². The van der Waals surface area contributed by atoms with Gasteiger partial charge in [0.05, 0.1) is 17.9 Å². The summed E-state index contributed by atoms with van der Waals surface area (Å²) in [5.74, 6) is 0.514. The molecule has 27 heteroatoms. The second-order valence-corrected chi connectivity index (χ2v) is 34.0. The number of carbonyl (C=O) groups excluding carboxylic acids is 3. The summed E-state index contributed by atoms with van der Waals surface area (Å²) in [6, 6.07) is 28.8. The van der Waals surface area contributed by atoms with Gasteiger partial charge < -0.3 is 40.9 Å². The topological polar surface area (TPSA) is 381 Å². The van der Waals surface area contributed by atoms with E-state index in [2.05, 4.69) is 113 Å². The fraction of sp³-hybridized carbons (Fsp3) is 0.554. The predicted octanol–water partition coefficient (Wildman–Crippen LogP) is 22.4. The zero-order valence-corrected chi connectivity index (χ0v) is 79.0. The van der Waals surface area contributed by atoms with Gasteiger partial charge in [-0.15, -0.1) is 10.2 Å². The predicted molar refractivity (Wildman–Crippen MR) is 508 cm³/mol. The smallest absolute Gasteiger partial charge is 0.281 e. The number of aromatic hydroxyl groups is 4. The van der Waals surface area contributed by atoms with Gasteiger partial charge in [-0.25, -0.2) is 4.85 Å². The minimum atomic E-state index is -0.828. The molecule has 0 aliphatic carbocycles. The number of nitrogens with two attached hydrogens (primary N) is 1. The van der Waals surface area contributed by atoms with Crippen molar-refractivity contribution in [3.05, 3.63) is 193 Å². The van der Waals surface area contributed by atoms with Crippen LogP contribution in [-0.4, -0.2) is 110 Å². The first-order chi connectivity index (χ1) is 61.4. The molecule has 7 aromatic rings. The number of benzene rings is 3. The van der Waals surface area contributed by atoms with Gasteiger partial charge in [0, 0.05) is 105 Å². The Kier molecular flexibility index (Phi) is 46.3. The van der Waals surface area contributed by atoms with Crippen LogP contribution >= 0.6 is 0 Å². The van der Waals surface area contributed by atoms with Crippen molar-refractivity contribution in [1.29, 1.82) is 15.8 Å². The largest absolute Gasteiger partial charge is 0.503 e. The third kappa shape index (κ3) is 30.6. The van der Waals surface area contributed by atoms with Gasteiger partial charge in [0.15, 0.2) is 17.3 Å². The van der Waals surface area contributed by atoms with Gasteiger partial charge in [0.2, 0.25) is 23.3 Å². The van der Waals surface area contributed by atoms with Crippen LogP contribution in [0, 0.1) is 104 Å². The summed E-state index contributed by atoms with van der Waals surface area (Å²) >= 11 is 0. The molecule has 6 unspecified atom stereocenters. The fourth-order valence-electron chi connectivity index (χ4n) is 16.0. The Morgan fingerprint density at radius 3 is 0.914 bits per heavy atom. The molecule has 0 aliphatic heterocycles. The molecule has 0 saturated heterocycles. The lowest BCUT2D eigenvalue weighted by Gasteiger charge is -2.31. The zero-order chi connectivity index (χ0) is 94.7. The molecule has 4 aromatic heterocycles. The van der Waals surface area contributed by atoms with Crippen LogP contribution in [0.15, 0.2) is 125 Å². The van der Waals surface area contributed by atoms with E-state index in [4.69, 9.17) is 17.6 Å². The summed E-state index contributed by atoms with van der Waals surface area (Å²) in [5, 5.41) is 89.0. The summed E-state index contributed by atoms with van der Waals surface area (Å²) in [6.07, 6.45) is 26.7. The molecule has 27 nitrogen and oxygen atoms in total. The van der Waals surface area contributed by atoms with Gasteiger partial charge in [-0.3, -0.25) is 51.8 Å². The molecule has 7 rings (SSSR count). The number of anilines is 1. The summed E-state index contributed by atoms with van der Waals surface area (Å²) in [6.45, 7) is 42.8. The number of nitriles is 3. The average Bonchev–Trinajstić information content (AvgIpc) is 0.769. The molecule has 0 bridgehead atoms. The van der Waals surface area contributed by atoms with Gasteiger partial charge in [0.25, 0.3) is 40.0 Å². The SMILES string of the molecule is CCCCC(CC)CN(CC(CC)CCCC)C(=O)c1ccc(N)cc1.CCCCC(CC)CN(CC(CC)CCCC)C(=O)c1ccc(N=Nc2c(C)c(C#N)c(O)n(CCn3c(O)c(C#N)c(C)c(N=Nc4ccc(C(=O)N(CC(CC)CCCC)CC(CC)CCCC)cc4)c3=O)c2=O)cc1.[C-]#[N+]c1c(C)cc(=O)n(CCn2c(O)c(C#N)c(C)cc2=O)c1O. The van der Waals surface area contributed by atoms with Crippen molar-refractivity contribution < 1.29 is 34.8 Å². The maximum absolute atomic E-state index is 14.1. The number of aryl methyl sites for hydroxylation is 2. The molecule has 128 heavy (non-hydrogen) atoms. The number of nitrogens with zero attached hydrogens (tertiary/aromatic N) is 15. The highest BCUT2D eigenvalue weighted by molar-refractivity contribution is 5.96. The molecular weight excluding hydrogens is 1610 g/mol. The van der Waals surface area contributed by atoms with Crippen molar-refractivity contribution >= 4 is 51.8 Å². The molecule has 0 spiro atoms. The number of pyridine rings is 4. The summed E-state index contributed by atoms with van der Waals surface area (Å²) in [5.41, 5.74) is 6.03. The van der Waals surface area contributed by atoms with E-state index >= 15 is 0 Å². The third-order valence-electron chi connectivity index (χ3n) is 24.7. The molecule has 692 valence electrons. The van der Waals surface area contributed by atoms with Crippen molar-refractivity contribution in [3.63, 3.8) is 0 Å². The second-order valence-electron chi connectivity index (χ2n) is 34.0. The van der Waals surface area contributed by atoms with E-state index in [-0.39, 0.29) is 75.7 Å². The molecular formula is C101H142N16O11. The number of rotatable bonds is 49. The fourth-order valence-corrected chi connectivity index (χ4v) is 16.0. The van der Waals surface area contributed by atoms with Crippen LogP contribution in [0.3, 0.4) is 0 Å². The van der Waals surface area contributed by atoms with E-state index < -0.39 is 58.8 Å². The van der Waals surface area contributed by atoms with Crippen LogP contribution in [0.5, 0.6) is 23.5 Å². The zero-order valence-electron chi connectivity index (χ0n) is 79.0. The number of aromatic nitrogens is 4. The van der Waals surface area contributed by atoms with Crippen molar-refractivity contribution in [2.75, 3.05) is 45.0 Å². The Hall–Kier alpha value is -12.0. The Bertz CT molecular complexity index is 4900. The number of hydrogen-bond acceptors (Lipinski definition) is 19. The van der Waals surface area contributed by atoms with Crippen molar-refractivity contribution in [3.8, 4) is 41.7 Å². The van der Waals surface area contributed by atoms with E-state index in [0.29, 0.717) is 101 Å². The highest BCUT2D eigenvalue weighted by Crippen LogP contribution is 2.34. The average molecular weight is 1760 g/mol. The molecule has 0 radical (unpaired) electrons. The van der Waals surface area contributed by atoms with Gasteiger partial charge >= 0.3 is 0 Å². The molecule has 0 aliphatic rings. The first-order valence-electron chi connectivity index (χ1n) is 46.6. The number of azo groups is 2. The molecule has 6 N–H and O–H groups in total. The van der Waals surface area contributed by atoms with E-state index in [1.807, 2.05) is 52.3 Å². The lowest BCUT2D eigenvalue weighted by molar-refractivity contribution is 0.0678. The number of nitrogen functional groups attached to an aromatic ring is 1. The van der Waals surface area contributed by atoms with Gasteiger partial charge in [-0.1, -0.05) is 199 Å². The number of carbonyl (C=O) groups is 3. The minimum absolute atomic E-state index is 0.0306. The molecule has 6 atom stereocenters. The maximum Gasteiger partial charge on any atom is 0.281 e. The van der Waals surface area contributed by atoms with Crippen LogP contribution in [0.2, 0.25) is 0 Å². The standard InChI is InChI=1S/C62H88N10O6.C23H40N2O.C16H14N4O4/c1-11-19-23-45(15-5)39-69(40-46(16-6)24-20-12-2)57(73)49-27-31-51(32-28-49)65-67-55-43(9)53(37-63)59(75)71(61(55)77)35-36-72-60(76)54(38-64)44(10)56(62(72)78)68-66-52-33-29-50(30-34-52)58(74)70(41-47(17-7)25-21-13-3)42-48(18-8)26-22-14-4;1-5-9-11-19(7-3)17-25(18-20(8-4)12-10-6-2)23(26)21-13-15-22(24)16-14-21;1-9-6-12(21)19(15(23)11(9)8-17)4-5-20-13(22)7-10(2)14(18-3)16(20)24/h27-34,45-48,75-76H,11-26,35-36,39-42H2,1-10H3;13-16,19-20H,5-12,17-18,24H2,1-4H3;6-7,23-24H,4-5H2,1-2H3. The van der Waals surface area contributed by atoms with Crippen molar-refractivity contribution in [2.24, 2.45) is 56.0 Å². The van der Waals surface area contributed by atoms with Crippen molar-refractivity contribution in [1.82, 2.24) is 33.0 Å². The molecule has 3 aromatic carbocycles. The van der Waals surface area contributed by atoms with Gasteiger partial charge in [0.1, 0.15) is 34.9 Å². The van der Waals surface area contributed by atoms with Gasteiger partial charge in [-0.05, 0) is 192 Å². The summed E-state index contributed by atoms with van der Waals surface area (Å²) < 4.78 is 3.59. The number of amides is 3. The highest BCUT2D eigenvalue weighted by Gasteiger charge is 2.29. The molecule has 3 amide bonds. The van der Waals surface area contributed by atoms with Crippen LogP contribution in [-0.2, 0) is 26.2 Å². The lowest BCUT2D eigenvalue weighted by atomic mass is 9.95. The normalized spacial score (nSPS) is 12.6. The summed E-state index contributed by atoms with van der Waals surface area (Å²) in [7, 11) is 0. The molecule has 0 saturated carbocycles. The molecule has 0 fully saturated rings. The Morgan fingerprint density at radius 2 is 0.648 bits per heavy atom. The van der Waals surface area contributed by atoms with Crippen LogP contribution in [0.25, 0.3) is 4.85 Å². The van der Waals surface area contributed by atoms with Crippen LogP contribution in [0.4, 0.5) is 34.1 Å².